The molecule has 1 saturated heterocycles. The molecule has 1 aromatic heterocycles. The zero-order chi connectivity index (χ0) is 14.3. The summed E-state index contributed by atoms with van der Waals surface area (Å²) in [5.41, 5.74) is -0.484. The first-order valence-electron chi connectivity index (χ1n) is 5.61. The number of anilines is 1. The van der Waals surface area contributed by atoms with Gasteiger partial charge in [0, 0.05) is 13.1 Å². The first-order valence-corrected chi connectivity index (χ1v) is 6.96. The van der Waals surface area contributed by atoms with E-state index >= 15 is 0 Å². The molecule has 1 aliphatic heterocycles. The van der Waals surface area contributed by atoms with Gasteiger partial charge in [0.05, 0.1) is 17.6 Å². The predicted molar refractivity (Wildman–Crippen MR) is 66.8 cm³/mol. The molecule has 9 heteroatoms. The number of aromatic nitrogens is 2. The maximum absolute atomic E-state index is 12.5. The van der Waals surface area contributed by atoms with Crippen molar-refractivity contribution >= 4 is 28.1 Å². The molecule has 0 saturated carbocycles. The van der Waals surface area contributed by atoms with Crippen LogP contribution in [0.2, 0.25) is 0 Å². The Hall–Kier alpha value is -0.600. The van der Waals surface area contributed by atoms with Gasteiger partial charge in [0.15, 0.2) is 0 Å². The summed E-state index contributed by atoms with van der Waals surface area (Å²) in [7, 11) is 0. The predicted octanol–water partition coefficient (Wildman–Crippen LogP) is 2.78. The number of hydrogen-bond donors (Lipinski definition) is 0. The average molecular weight is 316 g/mol. The Labute approximate surface area is 117 Å². The van der Waals surface area contributed by atoms with E-state index in [1.807, 2.05) is 13.8 Å². The van der Waals surface area contributed by atoms with Crippen molar-refractivity contribution in [2.75, 3.05) is 23.9 Å². The second kappa shape index (κ2) is 5.06. The summed E-state index contributed by atoms with van der Waals surface area (Å²) in [4.78, 5) is 1.74. The molecule has 0 radical (unpaired) electrons. The van der Waals surface area contributed by atoms with Gasteiger partial charge in [0.1, 0.15) is 0 Å². The monoisotopic (exact) mass is 315 g/mol. The number of nitrogens with zero attached hydrogens (tertiary/aromatic N) is 3. The summed E-state index contributed by atoms with van der Waals surface area (Å²) < 4.78 is 43.2. The minimum Gasteiger partial charge on any atom is -0.367 e. The van der Waals surface area contributed by atoms with Gasteiger partial charge in [-0.2, -0.15) is 13.2 Å². The molecule has 0 amide bonds. The van der Waals surface area contributed by atoms with Crippen LogP contribution in [-0.4, -0.2) is 40.9 Å². The normalized spacial score (nSPS) is 23.7. The number of morpholine rings is 1. The van der Waals surface area contributed by atoms with Crippen molar-refractivity contribution in [2.45, 2.75) is 31.7 Å². The molecule has 0 bridgehead atoms. The lowest BCUT2D eigenvalue weighted by Crippen LogP contribution is -2.53. The fourth-order valence-corrected chi connectivity index (χ4v) is 2.86. The van der Waals surface area contributed by atoms with Gasteiger partial charge in [-0.15, -0.1) is 21.8 Å². The summed E-state index contributed by atoms with van der Waals surface area (Å²) in [5.74, 6) is 0.283. The van der Waals surface area contributed by atoms with Crippen LogP contribution in [0.3, 0.4) is 0 Å². The van der Waals surface area contributed by atoms with Crippen LogP contribution in [-0.2, 0) is 10.9 Å². The van der Waals surface area contributed by atoms with Crippen molar-refractivity contribution < 1.29 is 17.9 Å². The van der Waals surface area contributed by atoms with Gasteiger partial charge in [0.25, 0.3) is 0 Å². The van der Waals surface area contributed by atoms with Crippen molar-refractivity contribution in [1.82, 2.24) is 10.2 Å². The fraction of sp³-hybridized carbons (Fsp3) is 0.800. The molecule has 4 nitrogen and oxygen atoms in total. The molecule has 1 fully saturated rings. The van der Waals surface area contributed by atoms with Crippen molar-refractivity contribution in [3.05, 3.63) is 5.01 Å². The maximum atomic E-state index is 12.5. The van der Waals surface area contributed by atoms with E-state index in [2.05, 4.69) is 10.2 Å². The minimum atomic E-state index is -4.45. The maximum Gasteiger partial charge on any atom is 0.445 e. The van der Waals surface area contributed by atoms with E-state index in [0.29, 0.717) is 24.4 Å². The quantitative estimate of drug-likeness (QED) is 0.787. The van der Waals surface area contributed by atoms with E-state index in [0.717, 1.165) is 0 Å². The number of ether oxygens (including phenoxy) is 1. The number of alkyl halides is 4. The average Bonchev–Trinajstić information content (AvgIpc) is 2.75. The zero-order valence-corrected chi connectivity index (χ0v) is 11.9. The van der Waals surface area contributed by atoms with E-state index in [1.54, 1.807) is 4.90 Å². The molecule has 1 atom stereocenters. The van der Waals surface area contributed by atoms with Gasteiger partial charge >= 0.3 is 6.18 Å². The SMILES string of the molecule is CC1(C)CN(c2nnc(C(F)(F)F)s2)CC(CCl)O1. The third kappa shape index (κ3) is 3.49. The van der Waals surface area contributed by atoms with Gasteiger partial charge in [0.2, 0.25) is 10.1 Å². The summed E-state index contributed by atoms with van der Waals surface area (Å²) >= 11 is 6.31. The summed E-state index contributed by atoms with van der Waals surface area (Å²) in [6.45, 7) is 4.60. The van der Waals surface area contributed by atoms with E-state index in [1.165, 1.54) is 0 Å². The van der Waals surface area contributed by atoms with E-state index in [4.69, 9.17) is 16.3 Å². The number of rotatable bonds is 2. The van der Waals surface area contributed by atoms with Crippen LogP contribution < -0.4 is 4.90 Å². The van der Waals surface area contributed by atoms with Crippen molar-refractivity contribution in [2.24, 2.45) is 0 Å². The lowest BCUT2D eigenvalue weighted by Gasteiger charge is -2.42. The van der Waals surface area contributed by atoms with Crippen LogP contribution in [0.4, 0.5) is 18.3 Å². The molecule has 0 spiro atoms. The highest BCUT2D eigenvalue weighted by atomic mass is 35.5. The van der Waals surface area contributed by atoms with Crippen LogP contribution in [0.5, 0.6) is 0 Å². The second-order valence-corrected chi connectivity index (χ2v) is 6.19. The third-order valence-corrected chi connectivity index (χ3v) is 3.95. The Balaban J connectivity index is 2.19. The molecule has 2 heterocycles. The summed E-state index contributed by atoms with van der Waals surface area (Å²) in [6.07, 6.45) is -4.69. The van der Waals surface area contributed by atoms with Crippen LogP contribution >= 0.6 is 22.9 Å². The fourth-order valence-electron chi connectivity index (χ4n) is 1.98. The Morgan fingerprint density at radius 3 is 2.68 bits per heavy atom. The molecule has 0 aliphatic carbocycles. The van der Waals surface area contributed by atoms with Crippen LogP contribution in [0.1, 0.15) is 18.9 Å². The molecule has 1 aromatic rings. The van der Waals surface area contributed by atoms with Crippen LogP contribution in [0, 0.1) is 0 Å². The molecule has 108 valence electrons. The molecule has 2 rings (SSSR count). The molecule has 0 aromatic carbocycles. The summed E-state index contributed by atoms with van der Waals surface area (Å²) in [6, 6.07) is 0. The van der Waals surface area contributed by atoms with Gasteiger partial charge in [-0.05, 0) is 13.8 Å². The van der Waals surface area contributed by atoms with Gasteiger partial charge in [-0.3, -0.25) is 0 Å². The van der Waals surface area contributed by atoms with Crippen molar-refractivity contribution in [3.8, 4) is 0 Å². The Morgan fingerprint density at radius 2 is 2.16 bits per heavy atom. The van der Waals surface area contributed by atoms with Gasteiger partial charge < -0.3 is 9.64 Å². The van der Waals surface area contributed by atoms with Crippen molar-refractivity contribution in [1.29, 1.82) is 0 Å². The number of hydrogen-bond acceptors (Lipinski definition) is 5. The molecular weight excluding hydrogens is 303 g/mol. The van der Waals surface area contributed by atoms with Crippen LogP contribution in [0.15, 0.2) is 0 Å². The standard InChI is InChI=1S/C10H13ClF3N3OS/c1-9(2)5-17(4-6(3-11)18-9)8-16-15-7(19-8)10(12,13)14/h6H,3-5H2,1-2H3. The number of halogens is 4. The molecule has 0 N–H and O–H groups in total. The first kappa shape index (κ1) is 14.8. The Morgan fingerprint density at radius 1 is 1.47 bits per heavy atom. The van der Waals surface area contributed by atoms with Crippen molar-refractivity contribution in [3.63, 3.8) is 0 Å². The molecular formula is C10H13ClF3N3OS. The highest BCUT2D eigenvalue weighted by Gasteiger charge is 2.38. The largest absolute Gasteiger partial charge is 0.445 e. The lowest BCUT2D eigenvalue weighted by atomic mass is 10.1. The smallest absolute Gasteiger partial charge is 0.367 e. The molecule has 1 unspecified atom stereocenters. The zero-order valence-electron chi connectivity index (χ0n) is 10.4. The Bertz CT molecular complexity index is 451. The third-order valence-electron chi connectivity index (χ3n) is 2.58. The highest BCUT2D eigenvalue weighted by Crippen LogP contribution is 2.36. The van der Waals surface area contributed by atoms with Crippen LogP contribution in [0.25, 0.3) is 0 Å². The Kier molecular flexibility index (Phi) is 3.95. The second-order valence-electron chi connectivity index (χ2n) is 4.92. The van der Waals surface area contributed by atoms with E-state index in [9.17, 15) is 13.2 Å². The van der Waals surface area contributed by atoms with Gasteiger partial charge in [-0.25, -0.2) is 0 Å². The van der Waals surface area contributed by atoms with Gasteiger partial charge in [-0.1, -0.05) is 11.3 Å². The van der Waals surface area contributed by atoms with E-state index in [-0.39, 0.29) is 17.1 Å². The topological polar surface area (TPSA) is 38.2 Å². The van der Waals surface area contributed by atoms with E-state index < -0.39 is 16.8 Å². The lowest BCUT2D eigenvalue weighted by molar-refractivity contribution is -0.138. The highest BCUT2D eigenvalue weighted by molar-refractivity contribution is 7.15. The first-order chi connectivity index (χ1) is 8.71. The molecule has 1 aliphatic rings. The molecule has 19 heavy (non-hydrogen) atoms. The minimum absolute atomic E-state index is 0.233. The summed E-state index contributed by atoms with van der Waals surface area (Å²) in [5, 5.41) is 6.12.